The fourth-order valence-electron chi connectivity index (χ4n) is 5.56. The number of amides is 2. The number of hydrogen-bond acceptors (Lipinski definition) is 3. The Kier molecular flexibility index (Phi) is 8.24. The van der Waals surface area contributed by atoms with Crippen LogP contribution in [0.5, 0.6) is 0 Å². The van der Waals surface area contributed by atoms with E-state index < -0.39 is 6.04 Å². The molecule has 0 aliphatic carbocycles. The zero-order valence-corrected chi connectivity index (χ0v) is 23.4. The number of fused-ring (bicyclic) bond motifs is 2. The lowest BCUT2D eigenvalue weighted by Crippen LogP contribution is -2.50. The van der Waals surface area contributed by atoms with E-state index in [0.29, 0.717) is 38.3 Å². The Bertz CT molecular complexity index is 1690. The highest BCUT2D eigenvalue weighted by Crippen LogP contribution is 2.31. The molecule has 1 atom stereocenters. The van der Waals surface area contributed by atoms with Crippen LogP contribution in [0.4, 0.5) is 5.69 Å². The minimum Gasteiger partial charge on any atom is -0.373 e. The predicted molar refractivity (Wildman–Crippen MR) is 166 cm³/mol. The molecular formula is C36H33N3O3. The summed E-state index contributed by atoms with van der Waals surface area (Å²) in [4.78, 5) is 35.3. The molecule has 6 heteroatoms. The number of hydrogen-bond donors (Lipinski definition) is 1. The van der Waals surface area contributed by atoms with E-state index in [1.807, 2.05) is 121 Å². The van der Waals surface area contributed by atoms with Gasteiger partial charge in [-0.2, -0.15) is 0 Å². The van der Waals surface area contributed by atoms with Crippen molar-refractivity contribution in [3.05, 3.63) is 150 Å². The highest BCUT2D eigenvalue weighted by Gasteiger charge is 2.38. The molecule has 2 amide bonds. The average Bonchev–Trinajstić information content (AvgIpc) is 3.41. The van der Waals surface area contributed by atoms with Crippen molar-refractivity contribution in [3.63, 3.8) is 0 Å². The van der Waals surface area contributed by atoms with E-state index in [1.165, 1.54) is 0 Å². The highest BCUT2D eigenvalue weighted by atomic mass is 16.5. The van der Waals surface area contributed by atoms with Crippen molar-refractivity contribution in [2.24, 2.45) is 0 Å². The summed E-state index contributed by atoms with van der Waals surface area (Å²) in [5.74, 6) is -0.264. The minimum atomic E-state index is -0.688. The van der Waals surface area contributed by atoms with Crippen molar-refractivity contribution in [1.29, 1.82) is 0 Å². The van der Waals surface area contributed by atoms with Crippen LogP contribution in [0, 0.1) is 0 Å². The van der Waals surface area contributed by atoms with Crippen LogP contribution >= 0.6 is 0 Å². The van der Waals surface area contributed by atoms with Crippen LogP contribution in [-0.2, 0) is 29.1 Å². The lowest BCUT2D eigenvalue weighted by atomic mass is 10.0. The molecule has 4 aromatic carbocycles. The van der Waals surface area contributed by atoms with Crippen molar-refractivity contribution in [2.45, 2.75) is 25.6 Å². The van der Waals surface area contributed by atoms with Crippen LogP contribution in [-0.4, -0.2) is 40.9 Å². The normalized spacial score (nSPS) is 15.2. The van der Waals surface area contributed by atoms with Crippen molar-refractivity contribution in [1.82, 2.24) is 9.88 Å². The number of para-hydroxylation sites is 2. The maximum absolute atomic E-state index is 14.5. The Labute approximate surface area is 245 Å². The first kappa shape index (κ1) is 27.2. The third kappa shape index (κ3) is 5.90. The number of aromatic nitrogens is 1. The lowest BCUT2D eigenvalue weighted by Gasteiger charge is -2.31. The highest BCUT2D eigenvalue weighted by molar-refractivity contribution is 6.04. The number of carbonyl (C=O) groups excluding carboxylic acids is 2. The quantitative estimate of drug-likeness (QED) is 0.166. The molecule has 1 unspecified atom stereocenters. The SMILES string of the molecule is O=C1C(Cc2c[nH]c3ccccc23)N(C(=O)c2ccccc2)Cc2ccccc2N1C/C=C/COCc1ccccc1. The number of aromatic amines is 1. The second-order valence-corrected chi connectivity index (χ2v) is 10.4. The number of anilines is 1. The molecule has 1 N–H and O–H groups in total. The molecule has 1 aromatic heterocycles. The Hall–Kier alpha value is -4.94. The summed E-state index contributed by atoms with van der Waals surface area (Å²) in [7, 11) is 0. The summed E-state index contributed by atoms with van der Waals surface area (Å²) in [6.07, 6.45) is 6.27. The zero-order chi connectivity index (χ0) is 28.7. The third-order valence-electron chi connectivity index (χ3n) is 7.70. The van der Waals surface area contributed by atoms with Crippen LogP contribution in [0.25, 0.3) is 10.9 Å². The zero-order valence-electron chi connectivity index (χ0n) is 23.4. The van der Waals surface area contributed by atoms with Crippen molar-refractivity contribution >= 4 is 28.4 Å². The van der Waals surface area contributed by atoms with Gasteiger partial charge in [-0.05, 0) is 41.0 Å². The van der Waals surface area contributed by atoms with Crippen LogP contribution in [0.15, 0.2) is 128 Å². The van der Waals surface area contributed by atoms with Crippen molar-refractivity contribution in [3.8, 4) is 0 Å². The standard InChI is InChI=1S/C36H33N3O3/c40-35(28-15-5-2-6-16-28)39-25-29-17-7-10-20-33(29)38(21-11-12-22-42-26-27-13-3-1-4-14-27)36(41)34(39)23-30-24-37-32-19-9-8-18-31(30)32/h1-20,24,34,37H,21-23,25-26H2/b12-11+. The second-order valence-electron chi connectivity index (χ2n) is 10.4. The van der Waals surface area contributed by atoms with Gasteiger partial charge >= 0.3 is 0 Å². The molecule has 1 aliphatic heterocycles. The van der Waals surface area contributed by atoms with E-state index in [4.69, 9.17) is 4.74 Å². The summed E-state index contributed by atoms with van der Waals surface area (Å²) >= 11 is 0. The van der Waals surface area contributed by atoms with Gasteiger partial charge in [-0.1, -0.05) is 97.1 Å². The van der Waals surface area contributed by atoms with Gasteiger partial charge in [0.25, 0.3) is 5.91 Å². The Morgan fingerprint density at radius 1 is 0.857 bits per heavy atom. The van der Waals surface area contributed by atoms with Crippen LogP contribution in [0.3, 0.4) is 0 Å². The number of nitrogens with one attached hydrogen (secondary N) is 1. The van der Waals surface area contributed by atoms with Gasteiger partial charge in [-0.15, -0.1) is 0 Å². The lowest BCUT2D eigenvalue weighted by molar-refractivity contribution is -0.122. The van der Waals surface area contributed by atoms with Gasteiger partial charge in [0.2, 0.25) is 5.91 Å². The van der Waals surface area contributed by atoms with Gasteiger partial charge < -0.3 is 19.5 Å². The van der Waals surface area contributed by atoms with Gasteiger partial charge in [0.1, 0.15) is 6.04 Å². The molecule has 0 bridgehead atoms. The van der Waals surface area contributed by atoms with Gasteiger partial charge in [0.15, 0.2) is 0 Å². The number of nitrogens with zero attached hydrogens (tertiary/aromatic N) is 2. The van der Waals surface area contributed by atoms with Crippen LogP contribution in [0.1, 0.15) is 27.0 Å². The number of carbonyl (C=O) groups is 2. The predicted octanol–water partition coefficient (Wildman–Crippen LogP) is 6.54. The molecule has 2 heterocycles. The molecule has 0 spiro atoms. The summed E-state index contributed by atoms with van der Waals surface area (Å²) in [5, 5.41) is 1.06. The molecule has 6 rings (SSSR count). The van der Waals surface area contributed by atoms with E-state index in [9.17, 15) is 9.59 Å². The molecule has 1 aliphatic rings. The first-order valence-corrected chi connectivity index (χ1v) is 14.3. The van der Waals surface area contributed by atoms with Gasteiger partial charge in [-0.3, -0.25) is 9.59 Å². The maximum Gasteiger partial charge on any atom is 0.254 e. The van der Waals surface area contributed by atoms with Crippen molar-refractivity contribution in [2.75, 3.05) is 18.1 Å². The molecule has 0 saturated heterocycles. The number of benzene rings is 4. The monoisotopic (exact) mass is 555 g/mol. The maximum atomic E-state index is 14.5. The van der Waals surface area contributed by atoms with Crippen LogP contribution in [0.2, 0.25) is 0 Å². The molecule has 42 heavy (non-hydrogen) atoms. The first-order valence-electron chi connectivity index (χ1n) is 14.3. The summed E-state index contributed by atoms with van der Waals surface area (Å²) < 4.78 is 5.81. The van der Waals surface area contributed by atoms with Gasteiger partial charge in [0, 0.05) is 47.9 Å². The van der Waals surface area contributed by atoms with E-state index in [1.54, 1.807) is 9.80 Å². The molecule has 6 nitrogen and oxygen atoms in total. The van der Waals surface area contributed by atoms with Gasteiger partial charge in [0.05, 0.1) is 13.2 Å². The first-order chi connectivity index (χ1) is 20.7. The summed E-state index contributed by atoms with van der Waals surface area (Å²) in [5.41, 5.74) is 5.45. The molecule has 0 saturated carbocycles. The molecule has 0 radical (unpaired) electrons. The summed E-state index contributed by atoms with van der Waals surface area (Å²) in [6.45, 7) is 1.68. The second kappa shape index (κ2) is 12.7. The fourth-order valence-corrected chi connectivity index (χ4v) is 5.56. The van der Waals surface area contributed by atoms with Crippen molar-refractivity contribution < 1.29 is 14.3 Å². The minimum absolute atomic E-state index is 0.107. The van der Waals surface area contributed by atoms with Gasteiger partial charge in [-0.25, -0.2) is 0 Å². The third-order valence-corrected chi connectivity index (χ3v) is 7.70. The molecule has 0 fully saturated rings. The Morgan fingerprint density at radius 2 is 1.57 bits per heavy atom. The number of rotatable bonds is 9. The number of H-pyrrole nitrogens is 1. The molecule has 5 aromatic rings. The average molecular weight is 556 g/mol. The van der Waals surface area contributed by atoms with E-state index >= 15 is 0 Å². The Morgan fingerprint density at radius 3 is 2.40 bits per heavy atom. The smallest absolute Gasteiger partial charge is 0.254 e. The molecular weight excluding hydrogens is 522 g/mol. The molecule has 210 valence electrons. The van der Waals surface area contributed by atoms with E-state index in [0.717, 1.165) is 33.3 Å². The van der Waals surface area contributed by atoms with Crippen LogP contribution < -0.4 is 4.90 Å². The van der Waals surface area contributed by atoms with E-state index in [-0.39, 0.29) is 11.8 Å². The summed E-state index contributed by atoms with van der Waals surface area (Å²) in [6, 6.07) is 34.5. The topological polar surface area (TPSA) is 65.6 Å². The van der Waals surface area contributed by atoms with E-state index in [2.05, 4.69) is 11.1 Å². The fraction of sp³-hybridized carbons (Fsp3) is 0.167. The Balaban J connectivity index is 1.29. The largest absolute Gasteiger partial charge is 0.373 e. The number of ether oxygens (including phenoxy) is 1.